The second kappa shape index (κ2) is 60.8. The molecule has 0 aromatic carbocycles. The molecule has 0 spiro atoms. The first-order valence-corrected chi connectivity index (χ1v) is 27.9. The molecule has 0 aromatic rings. The number of hydrogen-bond donors (Lipinski definition) is 0. The molecule has 0 N–H and O–H groups in total. The molecule has 0 heterocycles. The first kappa shape index (κ1) is 64.3. The summed E-state index contributed by atoms with van der Waals surface area (Å²) < 4.78 is 0. The van der Waals surface area contributed by atoms with Crippen molar-refractivity contribution in [3.8, 4) is 0 Å². The van der Waals surface area contributed by atoms with Crippen molar-refractivity contribution in [2.45, 2.75) is 273 Å². The molecule has 0 saturated heterocycles. The van der Waals surface area contributed by atoms with Gasteiger partial charge in [-0.1, -0.05) is 234 Å². The third kappa shape index (κ3) is 58.5. The average Bonchev–Trinajstić information content (AvgIpc) is 3.13. The zero-order valence-electron chi connectivity index (χ0n) is 37.7. The Balaban J connectivity index is -0.000000274. The molecule has 0 aliphatic heterocycles. The van der Waals surface area contributed by atoms with Crippen LogP contribution < -0.4 is 24.8 Å². The molecule has 0 aliphatic rings. The molecule has 0 rings (SSSR count). The summed E-state index contributed by atoms with van der Waals surface area (Å²) in [7, 11) is 0.732. The Morgan fingerprint density at radius 1 is 0.189 bits per heavy atom. The Morgan fingerprint density at radius 3 is 0.434 bits per heavy atom. The van der Waals surface area contributed by atoms with Gasteiger partial charge in [-0.25, -0.2) is 0 Å². The van der Waals surface area contributed by atoms with Gasteiger partial charge in [-0.2, -0.15) is 0 Å². The maximum Gasteiger partial charge on any atom is 2.00 e. The topological polar surface area (TPSA) is 0 Å². The van der Waals surface area contributed by atoms with Gasteiger partial charge in [0.1, 0.15) is 0 Å². The third-order valence-corrected chi connectivity index (χ3v) is 16.7. The Hall–Kier alpha value is 2.10. The van der Waals surface area contributed by atoms with Gasteiger partial charge in [-0.3, -0.25) is 0 Å². The Kier molecular flexibility index (Phi) is 73.7. The molecular formula is C48H102Cl2P2Pd. The molecular weight excluding hydrogens is 816 g/mol. The molecule has 0 aromatic heterocycles. The predicted octanol–water partition coefficient (Wildman–Crippen LogP) is 13.1. The molecule has 0 amide bonds. The van der Waals surface area contributed by atoms with Gasteiger partial charge in [0.25, 0.3) is 0 Å². The predicted molar refractivity (Wildman–Crippen MR) is 243 cm³/mol. The maximum absolute atomic E-state index is 2.32. The Bertz CT molecular complexity index is 444. The van der Waals surface area contributed by atoms with Gasteiger partial charge in [-0.15, -0.1) is 15.8 Å². The smallest absolute Gasteiger partial charge is 1.00 e. The second-order valence-electron chi connectivity index (χ2n) is 16.3. The molecule has 53 heavy (non-hydrogen) atoms. The van der Waals surface area contributed by atoms with Gasteiger partial charge >= 0.3 is 20.4 Å². The molecule has 0 nitrogen and oxygen atoms in total. The summed E-state index contributed by atoms with van der Waals surface area (Å²) >= 11 is 0. The standard InChI is InChI=1S/2C24H51P.2ClH.Pd/c2*1-4-7-10-13-16-19-22-25(23-20-17-14-11-8-5-2)24-21-18-15-12-9-6-3;;;/h2*4-24H2,1-3H3;2*1H;/q;;;;+2/p-2. The molecule has 328 valence electrons. The zero-order chi connectivity index (χ0) is 36.9. The van der Waals surface area contributed by atoms with E-state index in [4.69, 9.17) is 0 Å². The van der Waals surface area contributed by atoms with Gasteiger partial charge in [0.05, 0.1) is 0 Å². The van der Waals surface area contributed by atoms with E-state index in [0.717, 1.165) is 0 Å². The van der Waals surface area contributed by atoms with Crippen LogP contribution in [-0.2, 0) is 20.4 Å². The second-order valence-corrected chi connectivity index (χ2v) is 21.7. The average molecular weight is 919 g/mol. The van der Waals surface area contributed by atoms with Crippen molar-refractivity contribution in [3.05, 3.63) is 0 Å². The molecule has 5 heteroatoms. The minimum atomic E-state index is 0. The normalized spacial score (nSPS) is 10.9. The number of hydrogen-bond acceptors (Lipinski definition) is 0. The first-order chi connectivity index (χ1) is 24.7. The van der Waals surface area contributed by atoms with E-state index in [-0.39, 0.29) is 45.2 Å². The molecule has 0 unspecified atom stereocenters. The van der Waals surface area contributed by atoms with E-state index < -0.39 is 0 Å². The monoisotopic (exact) mass is 917 g/mol. The van der Waals surface area contributed by atoms with E-state index in [9.17, 15) is 0 Å². The van der Waals surface area contributed by atoms with Crippen molar-refractivity contribution in [2.75, 3.05) is 37.0 Å². The fourth-order valence-corrected chi connectivity index (χ4v) is 12.7. The van der Waals surface area contributed by atoms with Crippen LogP contribution in [0.5, 0.6) is 0 Å². The number of halogens is 2. The minimum Gasteiger partial charge on any atom is -1.00 e. The molecule has 0 saturated carbocycles. The van der Waals surface area contributed by atoms with Crippen molar-refractivity contribution in [1.29, 1.82) is 0 Å². The van der Waals surface area contributed by atoms with Gasteiger partial charge in [-0.05, 0) is 75.5 Å². The van der Waals surface area contributed by atoms with Crippen LogP contribution in [0, 0.1) is 0 Å². The third-order valence-electron chi connectivity index (χ3n) is 11.0. The van der Waals surface area contributed by atoms with E-state index in [1.807, 2.05) is 0 Å². The van der Waals surface area contributed by atoms with Crippen LogP contribution in [0.2, 0.25) is 0 Å². The van der Waals surface area contributed by atoms with Gasteiger partial charge in [0, 0.05) is 0 Å². The molecule has 0 fully saturated rings. The van der Waals surface area contributed by atoms with Crippen molar-refractivity contribution in [1.82, 2.24) is 0 Å². The van der Waals surface area contributed by atoms with Crippen molar-refractivity contribution >= 4 is 15.8 Å². The van der Waals surface area contributed by atoms with E-state index in [1.54, 1.807) is 37.0 Å². The molecule has 0 atom stereocenters. The van der Waals surface area contributed by atoms with Crippen LogP contribution in [-0.4, -0.2) is 37.0 Å². The van der Waals surface area contributed by atoms with E-state index in [2.05, 4.69) is 41.5 Å². The van der Waals surface area contributed by atoms with E-state index in [0.29, 0.717) is 15.8 Å². The van der Waals surface area contributed by atoms with Crippen molar-refractivity contribution < 1.29 is 45.2 Å². The summed E-state index contributed by atoms with van der Waals surface area (Å²) in [5, 5.41) is 0. The largest absolute Gasteiger partial charge is 2.00 e. The van der Waals surface area contributed by atoms with Crippen LogP contribution >= 0.6 is 15.8 Å². The summed E-state index contributed by atoms with van der Waals surface area (Å²) in [5.41, 5.74) is 0. The van der Waals surface area contributed by atoms with Gasteiger partial charge < -0.3 is 24.8 Å². The Labute approximate surface area is 368 Å². The molecule has 0 aliphatic carbocycles. The summed E-state index contributed by atoms with van der Waals surface area (Å²) in [6.07, 6.45) is 62.5. The van der Waals surface area contributed by atoms with Gasteiger partial charge in [0.15, 0.2) is 0 Å². The number of rotatable bonds is 42. The Morgan fingerprint density at radius 2 is 0.302 bits per heavy atom. The van der Waals surface area contributed by atoms with Crippen LogP contribution in [0.3, 0.4) is 0 Å². The van der Waals surface area contributed by atoms with Crippen LogP contribution in [0.15, 0.2) is 0 Å². The van der Waals surface area contributed by atoms with E-state index >= 15 is 0 Å². The van der Waals surface area contributed by atoms with Crippen LogP contribution in [0.25, 0.3) is 0 Å². The van der Waals surface area contributed by atoms with Crippen molar-refractivity contribution in [2.24, 2.45) is 0 Å². The maximum atomic E-state index is 2.32. The summed E-state index contributed by atoms with van der Waals surface area (Å²) in [4.78, 5) is 0. The fourth-order valence-electron chi connectivity index (χ4n) is 7.37. The quantitative estimate of drug-likeness (QED) is 0.0325. The van der Waals surface area contributed by atoms with E-state index in [1.165, 1.54) is 231 Å². The molecule has 0 bridgehead atoms. The summed E-state index contributed by atoms with van der Waals surface area (Å²) in [6.45, 7) is 13.9. The minimum absolute atomic E-state index is 0. The SMILES string of the molecule is CCCCCCCCP(CCCCCCCC)CCCCCCCC.CCCCCCCCP(CCCCCCCC)CCCCCCCC.[Cl-].[Cl-].[Pd+2]. The van der Waals surface area contributed by atoms with Crippen molar-refractivity contribution in [3.63, 3.8) is 0 Å². The van der Waals surface area contributed by atoms with Crippen LogP contribution in [0.1, 0.15) is 273 Å². The fraction of sp³-hybridized carbons (Fsp3) is 1.00. The molecule has 0 radical (unpaired) electrons. The zero-order valence-corrected chi connectivity index (χ0v) is 42.5. The van der Waals surface area contributed by atoms with Crippen LogP contribution in [0.4, 0.5) is 0 Å². The van der Waals surface area contributed by atoms with Gasteiger partial charge in [0.2, 0.25) is 0 Å². The first-order valence-electron chi connectivity index (χ1n) is 24.1. The summed E-state index contributed by atoms with van der Waals surface area (Å²) in [5.74, 6) is 0. The number of unbranched alkanes of at least 4 members (excludes halogenated alkanes) is 30. The summed E-state index contributed by atoms with van der Waals surface area (Å²) in [6, 6.07) is 0.